The van der Waals surface area contributed by atoms with Crippen LogP contribution in [0.5, 0.6) is 11.5 Å². The van der Waals surface area contributed by atoms with E-state index >= 15 is 0 Å². The number of ether oxygens (including phenoxy) is 15. The third-order valence-electron chi connectivity index (χ3n) is 29.8. The molecule has 3 aromatic rings. The number of amides is 11. The van der Waals surface area contributed by atoms with E-state index in [2.05, 4.69) is 15.9 Å². The van der Waals surface area contributed by atoms with E-state index in [1.807, 2.05) is 18.8 Å². The van der Waals surface area contributed by atoms with Crippen LogP contribution in [0.15, 0.2) is 87.9 Å². The minimum Gasteiger partial charge on any atom is -0.492 e. The third kappa shape index (κ3) is 21.3. The van der Waals surface area contributed by atoms with E-state index in [1.54, 1.807) is 60.4 Å². The number of hydrogen-bond donors (Lipinski definition) is 3. The van der Waals surface area contributed by atoms with Crippen LogP contribution >= 0.6 is 35.3 Å². The number of esters is 3. The summed E-state index contributed by atoms with van der Waals surface area (Å²) in [4.78, 5) is 250. The van der Waals surface area contributed by atoms with Crippen LogP contribution in [-0.4, -0.2) is 350 Å². The molecule has 11 amide bonds. The van der Waals surface area contributed by atoms with Gasteiger partial charge in [-0.15, -0.1) is 6.42 Å². The molecule has 147 heavy (non-hydrogen) atoms. The van der Waals surface area contributed by atoms with Gasteiger partial charge in [-0.05, 0) is 152 Å². The molecule has 7 saturated heterocycles. The number of methoxy groups -OCH3 is 5. The summed E-state index contributed by atoms with van der Waals surface area (Å²) in [6.07, 6.45) is 15.5. The van der Waals surface area contributed by atoms with Crippen molar-refractivity contribution < 1.29 is 157 Å². The lowest BCUT2D eigenvalue weighted by atomic mass is 9.82. The highest BCUT2D eigenvalue weighted by Crippen LogP contribution is 2.62. The molecule has 14 aliphatic rings. The fourth-order valence-electron chi connectivity index (χ4n) is 22.2. The topological polar surface area (TPSA) is 575 Å². The van der Waals surface area contributed by atoms with Gasteiger partial charge in [0.15, 0.2) is 34.5 Å². The van der Waals surface area contributed by atoms with E-state index in [9.17, 15) is 86.3 Å². The van der Waals surface area contributed by atoms with Gasteiger partial charge < -0.3 is 98.1 Å². The number of ketones is 4. The van der Waals surface area contributed by atoms with Crippen LogP contribution in [0.25, 0.3) is 10.9 Å². The van der Waals surface area contributed by atoms with Gasteiger partial charge >= 0.3 is 48.4 Å². The van der Waals surface area contributed by atoms with E-state index in [1.165, 1.54) is 106 Å². The molecule has 0 bridgehead atoms. The maximum absolute atomic E-state index is 13.8. The molecular formula is C98H117N13O33S3. The number of anilines is 2. The smallest absolute Gasteiger partial charge is 0.423 e. The second-order valence-corrected chi connectivity index (χ2v) is 40.7. The van der Waals surface area contributed by atoms with Crippen molar-refractivity contribution in [3.05, 3.63) is 93.4 Å². The van der Waals surface area contributed by atoms with E-state index in [4.69, 9.17) is 94.7 Å². The zero-order valence-corrected chi connectivity index (χ0v) is 85.1. The predicted octanol–water partition coefficient (Wildman–Crippen LogP) is 5.41. The first kappa shape index (κ1) is 108. The molecule has 5 aliphatic carbocycles. The number of allylic oxidation sites excluding steroid dienone is 4. The summed E-state index contributed by atoms with van der Waals surface area (Å²) < 4.78 is 81.6. The number of fused-ring (bicyclic) bond motifs is 9. The number of hydrogen-bond acceptors (Lipinski definition) is 41. The Balaban J connectivity index is 0.000000166. The fraction of sp³-hybridized carbons (Fsp3) is 0.571. The van der Waals surface area contributed by atoms with Gasteiger partial charge in [0.05, 0.1) is 106 Å². The molecule has 49 heteroatoms. The highest BCUT2D eigenvalue weighted by atomic mass is 32.2. The van der Waals surface area contributed by atoms with Gasteiger partial charge in [0, 0.05) is 120 Å². The molecule has 0 spiro atoms. The number of thioether (sulfide) groups is 3. The summed E-state index contributed by atoms with van der Waals surface area (Å²) >= 11 is 4.14. The number of Topliss-reactive ketones (excluding diaryl/α,β-unsaturated/α-hetero) is 4. The zero-order chi connectivity index (χ0) is 106. The number of likely N-dealkylation sites (tertiary alicyclic amines) is 3. The molecular weight excluding hydrogens is 1980 g/mol. The number of primary amides is 2. The molecule has 1 aromatic heterocycles. The summed E-state index contributed by atoms with van der Waals surface area (Å²) in [6.45, 7) is 2.74. The first-order chi connectivity index (χ1) is 70.5. The molecule has 2 aromatic carbocycles. The summed E-state index contributed by atoms with van der Waals surface area (Å²) in [5.41, 5.74) is 15.1. The Morgan fingerprint density at radius 1 is 0.497 bits per heavy atom. The van der Waals surface area contributed by atoms with Crippen LogP contribution in [0.4, 0.5) is 35.5 Å². The lowest BCUT2D eigenvalue weighted by Crippen LogP contribution is -2.56. The Bertz CT molecular complexity index is 5960. The Morgan fingerprint density at radius 2 is 0.905 bits per heavy atom. The average molecular weight is 2100 g/mol. The number of imide groups is 3. The van der Waals surface area contributed by atoms with Crippen LogP contribution in [0, 0.1) is 59.7 Å². The van der Waals surface area contributed by atoms with Crippen LogP contribution < -0.4 is 31.6 Å². The Hall–Kier alpha value is -13.1. The van der Waals surface area contributed by atoms with Crippen molar-refractivity contribution >= 4 is 165 Å². The second kappa shape index (κ2) is 46.1. The fourth-order valence-corrected chi connectivity index (χ4v) is 24.1. The molecule has 10 heterocycles. The molecule has 9 aliphatic heterocycles. The van der Waals surface area contributed by atoms with Crippen LogP contribution in [-0.2, 0) is 124 Å². The van der Waals surface area contributed by atoms with Crippen molar-refractivity contribution in [1.29, 1.82) is 0 Å². The Kier molecular flexibility index (Phi) is 33.9. The van der Waals surface area contributed by atoms with Gasteiger partial charge in [-0.1, -0.05) is 12.0 Å². The van der Waals surface area contributed by atoms with Crippen LogP contribution in [0.1, 0.15) is 116 Å². The lowest BCUT2D eigenvalue weighted by molar-refractivity contribution is -0.161. The van der Waals surface area contributed by atoms with Crippen molar-refractivity contribution in [3.8, 4) is 23.8 Å². The van der Waals surface area contributed by atoms with E-state index in [0.717, 1.165) is 0 Å². The predicted molar refractivity (Wildman–Crippen MR) is 516 cm³/mol. The van der Waals surface area contributed by atoms with E-state index in [-0.39, 0.29) is 165 Å². The number of carbonyl (C=O) groups is 18. The van der Waals surface area contributed by atoms with Crippen molar-refractivity contribution in [1.82, 2.24) is 44.3 Å². The molecule has 3 unspecified atom stereocenters. The maximum Gasteiger partial charge on any atom is 0.423 e. The number of aromatic nitrogens is 2. The van der Waals surface area contributed by atoms with Crippen LogP contribution in [0.2, 0.25) is 0 Å². The van der Waals surface area contributed by atoms with E-state index in [0.29, 0.717) is 144 Å². The van der Waals surface area contributed by atoms with Gasteiger partial charge in [0.1, 0.15) is 44.8 Å². The highest BCUT2D eigenvalue weighted by Gasteiger charge is 2.80. The minimum atomic E-state index is -1.45. The summed E-state index contributed by atoms with van der Waals surface area (Å²) in [5.74, 6) is -3.92. The monoisotopic (exact) mass is 2100 g/mol. The van der Waals surface area contributed by atoms with Crippen molar-refractivity contribution in [3.63, 3.8) is 0 Å². The van der Waals surface area contributed by atoms with E-state index < -0.39 is 170 Å². The highest BCUT2D eigenvalue weighted by molar-refractivity contribution is 8.00. The average Bonchev–Trinajstić information content (AvgIpc) is 1.48. The number of carbonyl (C=O) groups excluding carboxylic acids is 18. The van der Waals surface area contributed by atoms with Crippen molar-refractivity contribution in [2.24, 2.45) is 64.5 Å². The van der Waals surface area contributed by atoms with Gasteiger partial charge in [0.2, 0.25) is 79.0 Å². The second-order valence-electron chi connectivity index (χ2n) is 37.5. The van der Waals surface area contributed by atoms with Crippen molar-refractivity contribution in [2.45, 2.75) is 162 Å². The van der Waals surface area contributed by atoms with Crippen LogP contribution in [0.3, 0.4) is 0 Å². The number of piperazine rings is 2. The SMILES string of the molecule is C#Cc1cccc(N(C(=O)OCOC(=O)C2CCC(CN3C(=O)CC(SC)C3=O)CC2)c2ncnc3cc(OCCOC)c(OCCOC)cc23)c1.COC1=C(C)C(=O)C2=C(C1=O)[C@@H](COC(N)=O)[C@@]1(OC)[C@@H]3[C@H](CN21)N3C(=O)OCOC(=O)C1CCC(CN2C(=O)CC(SC)C2=O)CC1.CO[C@@]12[C@H](COC(N)=O)C3=C(C(=O)C(C)=C(N)C3=O)N1C[C@H]1[C@@H]2N1C(=O)OCOC(=O)C1CCC(CN2C(=O)CC(SC)C2=O)CC1. The molecule has 790 valence electrons. The Morgan fingerprint density at radius 3 is 1.29 bits per heavy atom. The van der Waals surface area contributed by atoms with Gasteiger partial charge in [0.25, 0.3) is 0 Å². The van der Waals surface area contributed by atoms with Gasteiger partial charge in [-0.25, -0.2) is 38.8 Å². The third-order valence-corrected chi connectivity index (χ3v) is 32.6. The first-order valence-corrected chi connectivity index (χ1v) is 51.9. The number of nitrogens with zero attached hydrogens (tertiary/aromatic N) is 10. The van der Waals surface area contributed by atoms with Gasteiger partial charge in [-0.2, -0.15) is 35.3 Å². The standard InChI is InChI=1S/C37H42N4O10S.C31H38N4O12S.C30H37N5O11S/c1-5-24-7-6-8-27(17-24)41(34-28-18-30(48-15-13-46-2)31(49-16-14-47-3)19-29(28)38-22-39-34)37(45)51-23-50-36(44)26-11-9-25(10-12-26)21-40-33(42)20-32(52-4)35(40)43;1-14-23(37)22-21(24(38)25(14)43-2)17(12-45-29(32)41)31(44-3)26-18(11-34(22)31)35(26)30(42)47-13-46-28(40)16-7-5-15(6-8-16)10-33-20(36)9-19(48-4)27(33)39;1-13-21(31)24(38)20-16(11-44-28(32)41)30(43-2)25-17(10-34(30)22(20)23(13)37)35(25)29(42)46-12-45-27(40)15-6-4-14(5-7-15)9-33-19(36)8-18(47-3)26(33)39/h1,6-8,17-19,22,25-26,32H,9-16,20-21,23H2,2-4H3;15-19,26H,5-13H2,1-4H3,(H2,32,41);14-18,25H,4-12,31H2,1-3H3,(H2,32,41)/t;15?,16?,17-,18+,19?,26+,31-,35?;14?,15?,16-,17+,18?,25+,30-,35?/m.11/s1. The molecule has 10 fully saturated rings. The number of terminal acetylenes is 1. The molecule has 3 saturated carbocycles. The lowest BCUT2D eigenvalue weighted by Gasteiger charge is -2.40. The number of nitrogens with two attached hydrogens (primary N) is 3. The largest absolute Gasteiger partial charge is 0.492 e. The summed E-state index contributed by atoms with van der Waals surface area (Å²) in [7, 11) is 7.15. The maximum atomic E-state index is 13.8. The molecule has 0 radical (unpaired) electrons. The zero-order valence-electron chi connectivity index (χ0n) is 82.7. The molecule has 17 rings (SSSR count). The number of rotatable bonds is 35. The van der Waals surface area contributed by atoms with Gasteiger partial charge in [-0.3, -0.25) is 86.8 Å². The quantitative estimate of drug-likeness (QED) is 0.00968. The molecule has 11 atom stereocenters. The summed E-state index contributed by atoms with van der Waals surface area (Å²) in [6, 6.07) is 7.73. The minimum absolute atomic E-state index is 0.0336. The van der Waals surface area contributed by atoms with Crippen molar-refractivity contribution in [2.75, 3.05) is 152 Å². The summed E-state index contributed by atoms with van der Waals surface area (Å²) in [5, 5.41) is -0.530. The normalized spacial score (nSPS) is 27.7. The molecule has 6 N–H and O–H groups in total. The Labute approximate surface area is 857 Å². The number of benzene rings is 2. The first-order valence-electron chi connectivity index (χ1n) is 48.0. The molecule has 46 nitrogen and oxygen atoms in total.